The van der Waals surface area contributed by atoms with Crippen LogP contribution < -0.4 is 10.1 Å². The minimum Gasteiger partial charge on any atom is -0.471 e. The van der Waals surface area contributed by atoms with Gasteiger partial charge in [0, 0.05) is 17.6 Å². The first kappa shape index (κ1) is 16.4. The molecule has 0 unspecified atom stereocenters. The fourth-order valence-corrected chi connectivity index (χ4v) is 2.69. The predicted molar refractivity (Wildman–Crippen MR) is 89.1 cm³/mol. The second kappa shape index (κ2) is 6.98. The highest BCUT2D eigenvalue weighted by Crippen LogP contribution is 2.21. The Morgan fingerprint density at radius 2 is 2.29 bits per heavy atom. The van der Waals surface area contributed by atoms with E-state index in [1.54, 1.807) is 12.3 Å². The van der Waals surface area contributed by atoms with Gasteiger partial charge in [-0.3, -0.25) is 10.1 Å². The number of halogens is 2. The first-order valence-electron chi connectivity index (χ1n) is 6.86. The Morgan fingerprint density at radius 1 is 1.46 bits per heavy atom. The van der Waals surface area contributed by atoms with Crippen molar-refractivity contribution in [2.45, 2.75) is 13.7 Å². The van der Waals surface area contributed by atoms with E-state index in [0.29, 0.717) is 10.9 Å². The van der Waals surface area contributed by atoms with Crippen molar-refractivity contribution in [3.8, 4) is 5.75 Å². The van der Waals surface area contributed by atoms with E-state index in [9.17, 15) is 9.18 Å². The summed E-state index contributed by atoms with van der Waals surface area (Å²) < 4.78 is 20.0. The molecule has 9 heteroatoms. The van der Waals surface area contributed by atoms with E-state index in [4.69, 9.17) is 16.3 Å². The summed E-state index contributed by atoms with van der Waals surface area (Å²) in [5, 5.41) is 9.13. The number of nitrogens with one attached hydrogen (secondary N) is 1. The molecule has 0 saturated heterocycles. The van der Waals surface area contributed by atoms with Crippen molar-refractivity contribution in [1.82, 2.24) is 14.8 Å². The van der Waals surface area contributed by atoms with Gasteiger partial charge in [-0.25, -0.2) is 14.1 Å². The average molecular weight is 367 g/mol. The van der Waals surface area contributed by atoms with E-state index in [-0.39, 0.29) is 23.4 Å². The van der Waals surface area contributed by atoms with Crippen LogP contribution in [0, 0.1) is 12.7 Å². The molecule has 1 amide bonds. The minimum absolute atomic E-state index is 0.0215. The number of rotatable bonds is 5. The van der Waals surface area contributed by atoms with E-state index in [1.165, 1.54) is 34.2 Å². The number of carbonyl (C=O) groups is 1. The summed E-state index contributed by atoms with van der Waals surface area (Å²) in [6, 6.07) is 5.62. The topological polar surface area (TPSA) is 69.0 Å². The largest absolute Gasteiger partial charge is 0.471 e. The number of hydrogen-bond acceptors (Lipinski definition) is 5. The van der Waals surface area contributed by atoms with Gasteiger partial charge in [-0.2, -0.15) is 5.10 Å². The lowest BCUT2D eigenvalue weighted by Crippen LogP contribution is -2.14. The molecule has 24 heavy (non-hydrogen) atoms. The molecule has 0 radical (unpaired) electrons. The number of ether oxygens (including phenoxy) is 1. The third-order valence-electron chi connectivity index (χ3n) is 2.97. The molecule has 2 heterocycles. The molecular weight excluding hydrogens is 355 g/mol. The standard InChI is InChI=1S/C15H12ClFN4O2S/c1-9-7-24-15(18-9)19-14(22)13-4-5-21(20-13)8-23-10-2-3-12(17)11(16)6-10/h2-7H,8H2,1H3,(H,18,19,22). The maximum atomic E-state index is 13.1. The number of anilines is 1. The van der Waals surface area contributed by atoms with Crippen LogP contribution in [0.2, 0.25) is 5.02 Å². The Balaban J connectivity index is 1.60. The number of hydrogen-bond donors (Lipinski definition) is 1. The monoisotopic (exact) mass is 366 g/mol. The Hall–Kier alpha value is -2.45. The molecule has 0 aliphatic carbocycles. The lowest BCUT2D eigenvalue weighted by molar-refractivity contribution is 0.102. The van der Waals surface area contributed by atoms with Gasteiger partial charge in [-0.1, -0.05) is 11.6 Å². The quantitative estimate of drug-likeness (QED) is 0.747. The van der Waals surface area contributed by atoms with Gasteiger partial charge < -0.3 is 4.74 Å². The van der Waals surface area contributed by atoms with Crippen molar-refractivity contribution in [2.75, 3.05) is 5.32 Å². The minimum atomic E-state index is -0.514. The van der Waals surface area contributed by atoms with E-state index < -0.39 is 5.82 Å². The smallest absolute Gasteiger partial charge is 0.277 e. The molecule has 3 aromatic rings. The number of carbonyl (C=O) groups excluding carboxylic acids is 1. The molecule has 0 bridgehead atoms. The number of amides is 1. The summed E-state index contributed by atoms with van der Waals surface area (Å²) in [5.41, 5.74) is 1.08. The first-order chi connectivity index (χ1) is 11.5. The van der Waals surface area contributed by atoms with Crippen molar-refractivity contribution < 1.29 is 13.9 Å². The molecule has 0 fully saturated rings. The van der Waals surface area contributed by atoms with Crippen LogP contribution in [0.5, 0.6) is 5.75 Å². The molecule has 0 aliphatic heterocycles. The van der Waals surface area contributed by atoms with Crippen molar-refractivity contribution >= 4 is 34.0 Å². The van der Waals surface area contributed by atoms with Gasteiger partial charge in [0.25, 0.3) is 5.91 Å². The summed E-state index contributed by atoms with van der Waals surface area (Å²) in [7, 11) is 0. The van der Waals surface area contributed by atoms with Crippen LogP contribution in [0.15, 0.2) is 35.8 Å². The molecule has 1 N–H and O–H groups in total. The van der Waals surface area contributed by atoms with E-state index in [0.717, 1.165) is 5.69 Å². The highest BCUT2D eigenvalue weighted by atomic mass is 35.5. The van der Waals surface area contributed by atoms with Gasteiger partial charge in [0.2, 0.25) is 0 Å². The summed E-state index contributed by atoms with van der Waals surface area (Å²) in [4.78, 5) is 16.2. The van der Waals surface area contributed by atoms with Gasteiger partial charge in [0.05, 0.1) is 10.7 Å². The maximum absolute atomic E-state index is 13.1. The lowest BCUT2D eigenvalue weighted by atomic mass is 10.3. The number of aromatic nitrogens is 3. The third kappa shape index (κ3) is 3.90. The second-order valence-electron chi connectivity index (χ2n) is 4.84. The Kier molecular flexibility index (Phi) is 4.77. The first-order valence-corrected chi connectivity index (χ1v) is 8.12. The summed E-state index contributed by atoms with van der Waals surface area (Å²) >= 11 is 7.03. The SMILES string of the molecule is Cc1csc(NC(=O)c2ccn(COc3ccc(F)c(Cl)c3)n2)n1. The Labute approximate surface area is 145 Å². The Morgan fingerprint density at radius 3 is 3.00 bits per heavy atom. The maximum Gasteiger partial charge on any atom is 0.277 e. The van der Waals surface area contributed by atoms with E-state index in [2.05, 4.69) is 15.4 Å². The zero-order chi connectivity index (χ0) is 17.1. The molecule has 0 aliphatic rings. The molecule has 3 rings (SSSR count). The molecule has 6 nitrogen and oxygen atoms in total. The summed E-state index contributed by atoms with van der Waals surface area (Å²) in [5.74, 6) is -0.464. The Bertz CT molecular complexity index is 880. The molecule has 0 atom stereocenters. The average Bonchev–Trinajstić information content (AvgIpc) is 3.18. The van der Waals surface area contributed by atoms with Gasteiger partial charge in [0.1, 0.15) is 11.6 Å². The molecule has 0 saturated carbocycles. The summed E-state index contributed by atoms with van der Waals surface area (Å²) in [6.07, 6.45) is 1.60. The normalized spacial score (nSPS) is 10.6. The number of thiazole rings is 1. The fraction of sp³-hybridized carbons (Fsp3) is 0.133. The predicted octanol–water partition coefficient (Wildman–Crippen LogP) is 3.73. The van der Waals surface area contributed by atoms with E-state index in [1.807, 2.05) is 12.3 Å². The summed E-state index contributed by atoms with van der Waals surface area (Å²) in [6.45, 7) is 1.91. The lowest BCUT2D eigenvalue weighted by Gasteiger charge is -2.06. The number of benzene rings is 1. The fourth-order valence-electron chi connectivity index (χ4n) is 1.83. The van der Waals surface area contributed by atoms with Crippen LogP contribution in [0.4, 0.5) is 9.52 Å². The van der Waals surface area contributed by atoms with Crippen LogP contribution in [0.25, 0.3) is 0 Å². The van der Waals surface area contributed by atoms with E-state index >= 15 is 0 Å². The molecular formula is C15H12ClFN4O2S. The zero-order valence-corrected chi connectivity index (χ0v) is 14.1. The number of nitrogens with zero attached hydrogens (tertiary/aromatic N) is 3. The number of aryl methyl sites for hydroxylation is 1. The van der Waals surface area contributed by atoms with Crippen molar-refractivity contribution in [3.63, 3.8) is 0 Å². The van der Waals surface area contributed by atoms with Crippen molar-refractivity contribution in [1.29, 1.82) is 0 Å². The van der Waals surface area contributed by atoms with Crippen LogP contribution >= 0.6 is 22.9 Å². The van der Waals surface area contributed by atoms with Gasteiger partial charge in [0.15, 0.2) is 17.6 Å². The molecule has 0 spiro atoms. The van der Waals surface area contributed by atoms with Gasteiger partial charge >= 0.3 is 0 Å². The van der Waals surface area contributed by atoms with Crippen LogP contribution in [0.1, 0.15) is 16.2 Å². The molecule has 1 aromatic carbocycles. The second-order valence-corrected chi connectivity index (χ2v) is 6.10. The third-order valence-corrected chi connectivity index (χ3v) is 4.13. The van der Waals surface area contributed by atoms with Gasteiger partial charge in [-0.15, -0.1) is 11.3 Å². The highest BCUT2D eigenvalue weighted by Gasteiger charge is 2.12. The van der Waals surface area contributed by atoms with Crippen LogP contribution in [0.3, 0.4) is 0 Å². The molecule has 2 aromatic heterocycles. The van der Waals surface area contributed by atoms with Crippen molar-refractivity contribution in [3.05, 3.63) is 58.1 Å². The van der Waals surface area contributed by atoms with Crippen molar-refractivity contribution in [2.24, 2.45) is 0 Å². The van der Waals surface area contributed by atoms with Crippen LogP contribution in [-0.4, -0.2) is 20.7 Å². The van der Waals surface area contributed by atoms with Gasteiger partial charge in [-0.05, 0) is 25.1 Å². The zero-order valence-electron chi connectivity index (χ0n) is 12.5. The highest BCUT2D eigenvalue weighted by molar-refractivity contribution is 7.13. The van der Waals surface area contributed by atoms with Crippen LogP contribution in [-0.2, 0) is 6.73 Å². The molecule has 124 valence electrons.